The molecule has 0 amide bonds. The molecule has 17 nitrogen and oxygen atoms in total. The van der Waals surface area contributed by atoms with E-state index < -0.39 is 124 Å². The Morgan fingerprint density at radius 1 is 0.933 bits per heavy atom. The Morgan fingerprint density at radius 2 is 1.65 bits per heavy atom. The first kappa shape index (κ1) is 41.8. The second-order valence-corrected chi connectivity index (χ2v) is 18.2. The molecule has 5 heterocycles. The van der Waals surface area contributed by atoms with E-state index in [1.807, 2.05) is 37.3 Å². The zero-order valence-electron chi connectivity index (χ0n) is 35.0. The van der Waals surface area contributed by atoms with Crippen molar-refractivity contribution in [3.05, 3.63) is 47.5 Å². The fourth-order valence-electron chi connectivity index (χ4n) is 13.6. The molecule has 17 atom stereocenters. The van der Waals surface area contributed by atoms with Crippen molar-refractivity contribution in [2.75, 3.05) is 34.5 Å². The number of hydrogen-bond acceptors (Lipinski definition) is 17. The maximum atomic E-state index is 14.9. The molecule has 8 fully saturated rings. The smallest absolute Gasteiger partial charge is 0.366 e. The van der Waals surface area contributed by atoms with Crippen LogP contribution in [0.5, 0.6) is 0 Å². The third-order valence-corrected chi connectivity index (χ3v) is 16.0. The summed E-state index contributed by atoms with van der Waals surface area (Å²) in [7, 11) is 3.87. The quantitative estimate of drug-likeness (QED) is 0.149. The van der Waals surface area contributed by atoms with Gasteiger partial charge in [0, 0.05) is 61.0 Å². The first-order chi connectivity index (χ1) is 28.5. The average molecular weight is 843 g/mol. The molecule has 2 bridgehead atoms. The number of allylic oxidation sites excluding steroid dienone is 1. The highest BCUT2D eigenvalue weighted by Crippen LogP contribution is 2.83. The van der Waals surface area contributed by atoms with Gasteiger partial charge in [-0.2, -0.15) is 0 Å². The first-order valence-corrected chi connectivity index (χ1v) is 20.5. The van der Waals surface area contributed by atoms with Crippen LogP contribution in [0.1, 0.15) is 59.4 Å². The Kier molecular flexibility index (Phi) is 9.57. The van der Waals surface area contributed by atoms with Gasteiger partial charge in [0.2, 0.25) is 0 Å². The lowest BCUT2D eigenvalue weighted by atomic mass is 9.37. The second kappa shape index (κ2) is 13.7. The van der Waals surface area contributed by atoms with Crippen molar-refractivity contribution in [3.8, 4) is 0 Å². The van der Waals surface area contributed by atoms with E-state index in [1.165, 1.54) is 28.3 Å². The van der Waals surface area contributed by atoms with Gasteiger partial charge in [-0.25, -0.2) is 9.59 Å². The summed E-state index contributed by atoms with van der Waals surface area (Å²) in [4.78, 5) is 56.4. The van der Waals surface area contributed by atoms with E-state index in [0.29, 0.717) is 5.56 Å². The number of esters is 4. The Labute approximate surface area is 347 Å². The number of carbonyl (C=O) groups is 4. The highest BCUT2D eigenvalue weighted by Gasteiger charge is 2.97. The lowest BCUT2D eigenvalue weighted by molar-refractivity contribution is -0.327. The number of fused-ring (bicyclic) bond motifs is 7. The fourth-order valence-corrected chi connectivity index (χ4v) is 13.6. The van der Waals surface area contributed by atoms with Gasteiger partial charge in [-0.05, 0) is 32.8 Å². The number of aliphatic hydroxyl groups excluding tert-OH is 1. The van der Waals surface area contributed by atoms with Crippen molar-refractivity contribution < 1.29 is 81.5 Å². The molecule has 1 aromatic carbocycles. The molecule has 5 saturated heterocycles. The number of benzene rings is 1. The van der Waals surface area contributed by atoms with Crippen molar-refractivity contribution in [2.24, 2.45) is 34.0 Å². The largest absolute Gasteiger partial charge is 0.468 e. The minimum Gasteiger partial charge on any atom is -0.468 e. The van der Waals surface area contributed by atoms with Gasteiger partial charge in [0.05, 0.1) is 52.4 Å². The number of rotatable bonds is 10. The van der Waals surface area contributed by atoms with Crippen molar-refractivity contribution in [1.29, 1.82) is 0 Å². The fraction of sp³-hybridized carbons (Fsp3) is 0.721. The van der Waals surface area contributed by atoms with E-state index in [0.717, 1.165) is 0 Å². The van der Waals surface area contributed by atoms with E-state index in [4.69, 9.17) is 52.1 Å². The molecule has 8 aliphatic rings. The first-order valence-electron chi connectivity index (χ1n) is 20.5. The van der Waals surface area contributed by atoms with Gasteiger partial charge in [0.1, 0.15) is 34.4 Å². The zero-order chi connectivity index (χ0) is 43.0. The summed E-state index contributed by atoms with van der Waals surface area (Å²) in [6, 6.07) is 9.07. The van der Waals surface area contributed by atoms with Gasteiger partial charge >= 0.3 is 23.9 Å². The molecule has 328 valence electrons. The van der Waals surface area contributed by atoms with E-state index in [-0.39, 0.29) is 44.7 Å². The summed E-state index contributed by atoms with van der Waals surface area (Å²) in [6.45, 7) is 7.12. The van der Waals surface area contributed by atoms with Gasteiger partial charge in [0.15, 0.2) is 12.6 Å². The highest BCUT2D eigenvalue weighted by molar-refractivity contribution is 5.88. The van der Waals surface area contributed by atoms with Crippen molar-refractivity contribution in [2.45, 2.75) is 126 Å². The Morgan fingerprint density at radius 3 is 2.30 bits per heavy atom. The molecule has 60 heavy (non-hydrogen) atoms. The molecule has 3 aliphatic carbocycles. The van der Waals surface area contributed by atoms with Crippen LogP contribution in [0.15, 0.2) is 42.0 Å². The number of epoxide rings is 1. The van der Waals surface area contributed by atoms with Crippen LogP contribution >= 0.6 is 0 Å². The molecular weight excluding hydrogens is 788 g/mol. The maximum absolute atomic E-state index is 14.9. The Balaban J connectivity index is 1.31. The summed E-state index contributed by atoms with van der Waals surface area (Å²) in [5.74, 6) is -8.78. The number of hydrogen-bond donors (Lipinski definition) is 2. The Hall–Kier alpha value is -3.52. The summed E-state index contributed by atoms with van der Waals surface area (Å²) in [5.41, 5.74) is -8.60. The topological polar surface area (TPSA) is 214 Å². The minimum absolute atomic E-state index is 0.0813. The van der Waals surface area contributed by atoms with Gasteiger partial charge in [-0.15, -0.1) is 0 Å². The maximum Gasteiger partial charge on any atom is 0.366 e. The van der Waals surface area contributed by atoms with Gasteiger partial charge in [-0.3, -0.25) is 9.59 Å². The van der Waals surface area contributed by atoms with Crippen LogP contribution in [0, 0.1) is 34.0 Å². The van der Waals surface area contributed by atoms with Gasteiger partial charge in [-0.1, -0.05) is 43.3 Å². The SMILES string of the molecule is C/C=C(\C)C(=O)O[C@H]1C[C@@H](OC(C)=O)[C@@]2(C(=O)OC)CO[C@H]3[C@@H](O)[C@@](C)([C@]45O[C@@]4(C)[C@H]4C[C@@H]5O[C@@H]5O[C@H](OC)C[C@@]54O)[C@@H]4[C@@](OCc5ccccc5)(C(=O)OC)OC[C@@]14[C@@H]32. The second-order valence-electron chi connectivity index (χ2n) is 18.2. The number of methoxy groups -OCH3 is 3. The van der Waals surface area contributed by atoms with Crippen LogP contribution in [0.25, 0.3) is 0 Å². The summed E-state index contributed by atoms with van der Waals surface area (Å²) >= 11 is 0. The summed E-state index contributed by atoms with van der Waals surface area (Å²) in [6.07, 6.45) is -6.48. The normalized spacial score (nSPS) is 49.2. The molecule has 2 N–H and O–H groups in total. The molecule has 0 radical (unpaired) electrons. The van der Waals surface area contributed by atoms with Crippen LogP contribution in [0.4, 0.5) is 0 Å². The van der Waals surface area contributed by atoms with Crippen LogP contribution in [-0.2, 0) is 77.9 Å². The van der Waals surface area contributed by atoms with Crippen LogP contribution < -0.4 is 0 Å². The molecule has 0 unspecified atom stereocenters. The van der Waals surface area contributed by atoms with Crippen molar-refractivity contribution >= 4 is 23.9 Å². The monoisotopic (exact) mass is 842 g/mol. The molecule has 1 spiro atoms. The van der Waals surface area contributed by atoms with Crippen LogP contribution in [0.3, 0.4) is 0 Å². The third-order valence-electron chi connectivity index (χ3n) is 16.0. The summed E-state index contributed by atoms with van der Waals surface area (Å²) in [5, 5.41) is 25.8. The van der Waals surface area contributed by atoms with Crippen LogP contribution in [-0.4, -0.2) is 134 Å². The van der Waals surface area contributed by atoms with Crippen molar-refractivity contribution in [3.63, 3.8) is 0 Å². The van der Waals surface area contributed by atoms with E-state index >= 15 is 0 Å². The number of carbonyl (C=O) groups excluding carboxylic acids is 4. The molecule has 1 aromatic rings. The molecule has 3 saturated carbocycles. The van der Waals surface area contributed by atoms with Crippen LogP contribution in [0.2, 0.25) is 0 Å². The predicted molar refractivity (Wildman–Crippen MR) is 200 cm³/mol. The molecular formula is C43H54O17. The van der Waals surface area contributed by atoms with Crippen molar-refractivity contribution in [1.82, 2.24) is 0 Å². The molecule has 17 heteroatoms. The minimum atomic E-state index is -2.38. The third kappa shape index (κ3) is 4.89. The lowest BCUT2D eigenvalue weighted by Gasteiger charge is -2.66. The Bertz CT molecular complexity index is 1990. The average Bonchev–Trinajstić information content (AvgIpc) is 3.59. The zero-order valence-corrected chi connectivity index (χ0v) is 35.0. The number of ether oxygens (including phenoxy) is 11. The van der Waals surface area contributed by atoms with E-state index in [1.54, 1.807) is 26.8 Å². The molecule has 9 rings (SSSR count). The van der Waals surface area contributed by atoms with Gasteiger partial charge in [0.25, 0.3) is 5.79 Å². The summed E-state index contributed by atoms with van der Waals surface area (Å²) < 4.78 is 69.1. The van der Waals surface area contributed by atoms with E-state index in [9.17, 15) is 29.4 Å². The van der Waals surface area contributed by atoms with E-state index in [2.05, 4.69) is 0 Å². The number of aliphatic hydroxyl groups is 2. The lowest BCUT2D eigenvalue weighted by Crippen LogP contribution is -2.79. The highest BCUT2D eigenvalue weighted by atomic mass is 16.8. The predicted octanol–water partition coefficient (Wildman–Crippen LogP) is 1.87. The standard InChI is InChI=1S/C43H54O17/c1-9-21(2)32(46)57-25-16-26(56-22(3)44)40(34(47)51-7)19-53-29-30(40)39(25)20-55-42(35(48)52-8,54-18-23-13-11-10-12-14-23)33(39)37(4,31(29)45)43-27-15-24(38(43,5)60-43)41(49)17-28(50-6)59-36(41)58-27/h9-14,24-31,33,36,45,49H,15-20H2,1-8H3/b21-9+/t24-,25+,26-,27+,28+,29-,30-,31-,33+,36-,37-,38+,39+,40+,41+,42+,43+/m1/s1. The molecule has 0 aromatic heterocycles. The van der Waals surface area contributed by atoms with Gasteiger partial charge < -0.3 is 62.3 Å². The molecule has 5 aliphatic heterocycles.